The molecule has 0 heterocycles. The second-order valence-electron chi connectivity index (χ2n) is 6.84. The number of hydrogen-bond donors (Lipinski definition) is 2. The number of ketones is 1. The number of rotatable bonds is 6. The minimum Gasteiger partial charge on any atom is -0.352 e. The molecule has 23 heavy (non-hydrogen) atoms. The van der Waals surface area contributed by atoms with Crippen molar-refractivity contribution < 1.29 is 9.59 Å². The van der Waals surface area contributed by atoms with Crippen LogP contribution in [0.1, 0.15) is 50.7 Å². The van der Waals surface area contributed by atoms with Gasteiger partial charge < -0.3 is 11.1 Å². The second kappa shape index (κ2) is 8.25. The van der Waals surface area contributed by atoms with Crippen molar-refractivity contribution in [1.29, 1.82) is 0 Å². The topological polar surface area (TPSA) is 72.2 Å². The van der Waals surface area contributed by atoms with Gasteiger partial charge in [0.25, 0.3) is 0 Å². The molecule has 1 aliphatic carbocycles. The summed E-state index contributed by atoms with van der Waals surface area (Å²) in [6.45, 7) is 4.99. The SMILES string of the molecule is CC(C)C(=O)C1CCC(C(=O)NCc2ccc(CN)cc2)CC1. The maximum Gasteiger partial charge on any atom is 0.223 e. The third-order valence-corrected chi connectivity index (χ3v) is 4.79. The highest BCUT2D eigenvalue weighted by Crippen LogP contribution is 2.31. The Balaban J connectivity index is 1.77. The lowest BCUT2D eigenvalue weighted by atomic mass is 9.77. The van der Waals surface area contributed by atoms with Crippen LogP contribution in [0.2, 0.25) is 0 Å². The van der Waals surface area contributed by atoms with Crippen LogP contribution in [0.5, 0.6) is 0 Å². The monoisotopic (exact) mass is 316 g/mol. The zero-order chi connectivity index (χ0) is 16.8. The molecule has 0 aromatic heterocycles. The number of carbonyl (C=O) groups excluding carboxylic acids is 2. The number of carbonyl (C=O) groups is 2. The van der Waals surface area contributed by atoms with Crippen LogP contribution in [-0.2, 0) is 22.7 Å². The van der Waals surface area contributed by atoms with Crippen LogP contribution in [0.15, 0.2) is 24.3 Å². The number of Topliss-reactive ketones (excluding diaryl/α,β-unsaturated/α-hetero) is 1. The van der Waals surface area contributed by atoms with Crippen LogP contribution in [0, 0.1) is 17.8 Å². The summed E-state index contributed by atoms with van der Waals surface area (Å²) in [5, 5.41) is 3.02. The fraction of sp³-hybridized carbons (Fsp3) is 0.579. The summed E-state index contributed by atoms with van der Waals surface area (Å²) < 4.78 is 0. The predicted molar refractivity (Wildman–Crippen MR) is 91.5 cm³/mol. The minimum atomic E-state index is 0.0505. The van der Waals surface area contributed by atoms with Gasteiger partial charge in [-0.1, -0.05) is 38.1 Å². The largest absolute Gasteiger partial charge is 0.352 e. The van der Waals surface area contributed by atoms with Crippen molar-refractivity contribution in [1.82, 2.24) is 5.32 Å². The van der Waals surface area contributed by atoms with Crippen molar-refractivity contribution in [3.8, 4) is 0 Å². The first kappa shape index (κ1) is 17.7. The molecular formula is C19H28N2O2. The first-order valence-electron chi connectivity index (χ1n) is 8.60. The fourth-order valence-corrected chi connectivity index (χ4v) is 3.24. The molecule has 4 heteroatoms. The van der Waals surface area contributed by atoms with E-state index in [1.807, 2.05) is 38.1 Å². The zero-order valence-electron chi connectivity index (χ0n) is 14.2. The van der Waals surface area contributed by atoms with E-state index in [-0.39, 0.29) is 23.7 Å². The molecule has 0 spiro atoms. The molecule has 2 rings (SSSR count). The zero-order valence-corrected chi connectivity index (χ0v) is 14.2. The van der Waals surface area contributed by atoms with Gasteiger partial charge in [0.05, 0.1) is 0 Å². The van der Waals surface area contributed by atoms with Gasteiger partial charge in [-0.3, -0.25) is 9.59 Å². The molecule has 126 valence electrons. The van der Waals surface area contributed by atoms with Gasteiger partial charge in [0, 0.05) is 30.8 Å². The van der Waals surface area contributed by atoms with E-state index in [2.05, 4.69) is 5.32 Å². The molecule has 3 N–H and O–H groups in total. The smallest absolute Gasteiger partial charge is 0.223 e. The van der Waals surface area contributed by atoms with Gasteiger partial charge in [-0.05, 0) is 36.8 Å². The van der Waals surface area contributed by atoms with Crippen LogP contribution in [-0.4, -0.2) is 11.7 Å². The average Bonchev–Trinajstić information content (AvgIpc) is 2.59. The summed E-state index contributed by atoms with van der Waals surface area (Å²) in [6.07, 6.45) is 3.34. The molecule has 4 nitrogen and oxygen atoms in total. The Hall–Kier alpha value is -1.68. The van der Waals surface area contributed by atoms with Crippen LogP contribution < -0.4 is 11.1 Å². The Bertz CT molecular complexity index is 529. The first-order valence-corrected chi connectivity index (χ1v) is 8.60. The lowest BCUT2D eigenvalue weighted by molar-refractivity contribution is -0.131. The second-order valence-corrected chi connectivity index (χ2v) is 6.84. The molecule has 0 radical (unpaired) electrons. The van der Waals surface area contributed by atoms with Crippen LogP contribution >= 0.6 is 0 Å². The van der Waals surface area contributed by atoms with E-state index < -0.39 is 0 Å². The van der Waals surface area contributed by atoms with Crippen molar-refractivity contribution in [3.63, 3.8) is 0 Å². The molecule has 0 atom stereocenters. The fourth-order valence-electron chi connectivity index (χ4n) is 3.24. The summed E-state index contributed by atoms with van der Waals surface area (Å²) in [7, 11) is 0. The minimum absolute atomic E-state index is 0.0505. The molecule has 1 aliphatic rings. The van der Waals surface area contributed by atoms with Crippen molar-refractivity contribution in [3.05, 3.63) is 35.4 Å². The average molecular weight is 316 g/mol. The maximum absolute atomic E-state index is 12.3. The summed E-state index contributed by atoms with van der Waals surface area (Å²) in [4.78, 5) is 24.3. The molecule has 1 amide bonds. The molecule has 1 aromatic rings. The van der Waals surface area contributed by atoms with Crippen LogP contribution in [0.4, 0.5) is 0 Å². The van der Waals surface area contributed by atoms with Gasteiger partial charge in [-0.2, -0.15) is 0 Å². The Morgan fingerprint density at radius 1 is 1.04 bits per heavy atom. The summed E-state index contributed by atoms with van der Waals surface area (Å²) in [5.41, 5.74) is 7.75. The van der Waals surface area contributed by atoms with Gasteiger partial charge in [0.1, 0.15) is 5.78 Å². The van der Waals surface area contributed by atoms with Gasteiger partial charge >= 0.3 is 0 Å². The van der Waals surface area contributed by atoms with Crippen molar-refractivity contribution in [2.75, 3.05) is 0 Å². The number of nitrogens with one attached hydrogen (secondary N) is 1. The molecule has 0 bridgehead atoms. The van der Waals surface area contributed by atoms with Crippen LogP contribution in [0.3, 0.4) is 0 Å². The van der Waals surface area contributed by atoms with Gasteiger partial charge in [0.2, 0.25) is 5.91 Å². The molecule has 1 saturated carbocycles. The van der Waals surface area contributed by atoms with Gasteiger partial charge in [-0.25, -0.2) is 0 Å². The van der Waals surface area contributed by atoms with E-state index >= 15 is 0 Å². The van der Waals surface area contributed by atoms with E-state index in [1.54, 1.807) is 0 Å². The highest BCUT2D eigenvalue weighted by atomic mass is 16.2. The Morgan fingerprint density at radius 2 is 1.57 bits per heavy atom. The van der Waals surface area contributed by atoms with Gasteiger partial charge in [-0.15, -0.1) is 0 Å². The number of hydrogen-bond acceptors (Lipinski definition) is 3. The standard InChI is InChI=1S/C19H28N2O2/c1-13(2)18(22)16-7-9-17(10-8-16)19(23)21-12-15-5-3-14(11-20)4-6-15/h3-6,13,16-17H,7-12,20H2,1-2H3,(H,21,23). The summed E-state index contributed by atoms with van der Waals surface area (Å²) >= 11 is 0. The number of benzene rings is 1. The lowest BCUT2D eigenvalue weighted by Gasteiger charge is -2.27. The Kier molecular flexibility index (Phi) is 6.34. The van der Waals surface area contributed by atoms with Gasteiger partial charge in [0.15, 0.2) is 0 Å². The van der Waals surface area contributed by atoms with E-state index in [0.717, 1.165) is 36.8 Å². The van der Waals surface area contributed by atoms with Crippen molar-refractivity contribution >= 4 is 11.7 Å². The molecule has 1 fully saturated rings. The van der Waals surface area contributed by atoms with E-state index in [4.69, 9.17) is 5.73 Å². The molecule has 1 aromatic carbocycles. The highest BCUT2D eigenvalue weighted by Gasteiger charge is 2.30. The summed E-state index contributed by atoms with van der Waals surface area (Å²) in [6, 6.07) is 7.98. The van der Waals surface area contributed by atoms with E-state index in [0.29, 0.717) is 18.9 Å². The Labute approximate surface area is 138 Å². The van der Waals surface area contributed by atoms with Crippen molar-refractivity contribution in [2.24, 2.45) is 23.5 Å². The molecule has 0 saturated heterocycles. The quantitative estimate of drug-likeness (QED) is 0.847. The molecular weight excluding hydrogens is 288 g/mol. The van der Waals surface area contributed by atoms with E-state index in [9.17, 15) is 9.59 Å². The maximum atomic E-state index is 12.3. The summed E-state index contributed by atoms with van der Waals surface area (Å²) in [5.74, 6) is 0.770. The lowest BCUT2D eigenvalue weighted by Crippen LogP contribution is -2.34. The third-order valence-electron chi connectivity index (χ3n) is 4.79. The van der Waals surface area contributed by atoms with Crippen molar-refractivity contribution in [2.45, 2.75) is 52.6 Å². The first-order chi connectivity index (χ1) is 11.0. The molecule has 0 aliphatic heterocycles. The Morgan fingerprint density at radius 3 is 2.09 bits per heavy atom. The number of amides is 1. The highest BCUT2D eigenvalue weighted by molar-refractivity contribution is 5.83. The number of nitrogens with two attached hydrogens (primary N) is 1. The van der Waals surface area contributed by atoms with E-state index in [1.165, 1.54) is 0 Å². The predicted octanol–water partition coefficient (Wildman–Crippen LogP) is 2.79. The van der Waals surface area contributed by atoms with Crippen LogP contribution in [0.25, 0.3) is 0 Å². The third kappa shape index (κ3) is 4.90. The normalized spacial score (nSPS) is 21.2. The molecule has 0 unspecified atom stereocenters.